The highest BCUT2D eigenvalue weighted by atomic mass is 16.7. The summed E-state index contributed by atoms with van der Waals surface area (Å²) in [5.41, 5.74) is -1.44. The number of hydrogen-bond donors (Lipinski definition) is 8. The summed E-state index contributed by atoms with van der Waals surface area (Å²) in [5.74, 6) is -4.53. The molecule has 32 heavy (non-hydrogen) atoms. The summed E-state index contributed by atoms with van der Waals surface area (Å²) < 4.78 is 16.3. The smallest absolute Gasteiger partial charge is 0.239 e. The van der Waals surface area contributed by atoms with Gasteiger partial charge in [0.25, 0.3) is 0 Å². The van der Waals surface area contributed by atoms with Crippen molar-refractivity contribution >= 4 is 11.0 Å². The lowest BCUT2D eigenvalue weighted by atomic mass is 10.1. The zero-order valence-corrected chi connectivity index (χ0v) is 16.0. The Morgan fingerprint density at radius 3 is 2.16 bits per heavy atom. The van der Waals surface area contributed by atoms with Gasteiger partial charge in [-0.25, -0.2) is 0 Å². The van der Waals surface area contributed by atoms with Gasteiger partial charge >= 0.3 is 0 Å². The standard InChI is InChI=1S/C20H18O12/c21-5-12-15(27)17(29)20(31-12)32-19-16(28)13-8(23)3-7(22)4-11(13)30-18(19)6-1-9(24)14(26)10(25)2-6/h1-4,12,15,17,20-27,29H,5H2/t12-,15+,17-,20+/m1/s1. The van der Waals surface area contributed by atoms with Gasteiger partial charge in [0.1, 0.15) is 40.8 Å². The molecule has 12 nitrogen and oxygen atoms in total. The Morgan fingerprint density at radius 1 is 0.906 bits per heavy atom. The van der Waals surface area contributed by atoms with Crippen LogP contribution < -0.4 is 10.2 Å². The number of aliphatic hydroxyl groups excluding tert-OH is 3. The van der Waals surface area contributed by atoms with Crippen LogP contribution in [0, 0.1) is 0 Å². The van der Waals surface area contributed by atoms with Crippen LogP contribution in [0.4, 0.5) is 0 Å². The van der Waals surface area contributed by atoms with E-state index in [1.54, 1.807) is 0 Å². The Bertz CT molecular complexity index is 1230. The van der Waals surface area contributed by atoms with Crippen molar-refractivity contribution in [1.29, 1.82) is 0 Å². The summed E-state index contributed by atoms with van der Waals surface area (Å²) in [4.78, 5) is 13.2. The Hall–Kier alpha value is -3.71. The molecule has 1 aliphatic heterocycles. The normalized spacial score (nSPS) is 23.0. The molecule has 170 valence electrons. The first-order valence-electron chi connectivity index (χ1n) is 9.19. The first kappa shape index (κ1) is 21.5. The molecule has 2 aromatic carbocycles. The van der Waals surface area contributed by atoms with Gasteiger partial charge in [-0.3, -0.25) is 4.79 Å². The van der Waals surface area contributed by atoms with Crippen molar-refractivity contribution in [2.45, 2.75) is 24.6 Å². The third-order valence-corrected chi connectivity index (χ3v) is 4.98. The van der Waals surface area contributed by atoms with Crippen LogP contribution in [0.3, 0.4) is 0 Å². The summed E-state index contributed by atoms with van der Waals surface area (Å²) in [6.07, 6.45) is -6.06. The van der Waals surface area contributed by atoms with Crippen molar-refractivity contribution in [2.75, 3.05) is 6.61 Å². The minimum atomic E-state index is -1.68. The van der Waals surface area contributed by atoms with E-state index >= 15 is 0 Å². The predicted octanol–water partition coefficient (Wildman–Crippen LogP) is -0.194. The molecule has 1 aromatic heterocycles. The molecule has 4 atom stereocenters. The lowest BCUT2D eigenvalue weighted by molar-refractivity contribution is -0.117. The predicted molar refractivity (Wildman–Crippen MR) is 105 cm³/mol. The number of hydrogen-bond acceptors (Lipinski definition) is 12. The molecule has 0 aliphatic carbocycles. The van der Waals surface area contributed by atoms with Crippen LogP contribution in [0.15, 0.2) is 33.5 Å². The monoisotopic (exact) mass is 450 g/mol. The van der Waals surface area contributed by atoms with Crippen molar-refractivity contribution in [1.82, 2.24) is 0 Å². The zero-order chi connectivity index (χ0) is 23.3. The highest BCUT2D eigenvalue weighted by Gasteiger charge is 2.44. The van der Waals surface area contributed by atoms with E-state index in [0.717, 1.165) is 24.3 Å². The fourth-order valence-electron chi connectivity index (χ4n) is 3.38. The number of fused-ring (bicyclic) bond motifs is 1. The maximum absolute atomic E-state index is 13.2. The molecule has 3 aromatic rings. The SMILES string of the molecule is O=c1c(O[C@@H]2O[C@H](CO)[C@H](O)[C@H]2O)c(-c2cc(O)c(O)c(O)c2)oc2cc(O)cc(O)c12. The summed E-state index contributed by atoms with van der Waals surface area (Å²) in [7, 11) is 0. The van der Waals surface area contributed by atoms with Gasteiger partial charge in [-0.2, -0.15) is 0 Å². The fourth-order valence-corrected chi connectivity index (χ4v) is 3.38. The summed E-state index contributed by atoms with van der Waals surface area (Å²) >= 11 is 0. The maximum Gasteiger partial charge on any atom is 0.239 e. The fraction of sp³-hybridized carbons (Fsp3) is 0.250. The summed E-state index contributed by atoms with van der Waals surface area (Å²) in [5, 5.41) is 78.1. The molecule has 1 fully saturated rings. The largest absolute Gasteiger partial charge is 0.508 e. The topological polar surface area (TPSA) is 211 Å². The quantitative estimate of drug-likeness (QED) is 0.243. The average Bonchev–Trinajstić information content (AvgIpc) is 3.00. The minimum absolute atomic E-state index is 0.165. The number of ether oxygens (including phenoxy) is 2. The van der Waals surface area contributed by atoms with E-state index in [4.69, 9.17) is 13.9 Å². The van der Waals surface area contributed by atoms with E-state index in [9.17, 15) is 45.6 Å². The van der Waals surface area contributed by atoms with E-state index in [1.165, 1.54) is 0 Å². The van der Waals surface area contributed by atoms with Crippen LogP contribution in [-0.2, 0) is 4.74 Å². The second-order valence-corrected chi connectivity index (χ2v) is 7.12. The molecule has 1 aliphatic rings. The molecule has 0 spiro atoms. The van der Waals surface area contributed by atoms with Crippen LogP contribution in [0.25, 0.3) is 22.3 Å². The number of phenols is 5. The summed E-state index contributed by atoms with van der Waals surface area (Å²) in [6, 6.07) is 3.78. The number of aliphatic hydroxyl groups is 3. The number of benzene rings is 2. The van der Waals surface area contributed by atoms with E-state index < -0.39 is 82.3 Å². The molecule has 12 heteroatoms. The van der Waals surface area contributed by atoms with Crippen molar-refractivity contribution in [3.8, 4) is 45.8 Å². The van der Waals surface area contributed by atoms with Gasteiger partial charge in [0.2, 0.25) is 17.5 Å². The molecule has 0 bridgehead atoms. The lowest BCUT2D eigenvalue weighted by Gasteiger charge is -2.19. The third-order valence-electron chi connectivity index (χ3n) is 4.98. The van der Waals surface area contributed by atoms with Crippen LogP contribution in [0.5, 0.6) is 34.5 Å². The van der Waals surface area contributed by atoms with Gasteiger partial charge in [-0.15, -0.1) is 0 Å². The van der Waals surface area contributed by atoms with Gasteiger partial charge in [0.05, 0.1) is 6.61 Å². The van der Waals surface area contributed by atoms with Crippen LogP contribution in [0.2, 0.25) is 0 Å². The van der Waals surface area contributed by atoms with Gasteiger partial charge in [0.15, 0.2) is 23.0 Å². The first-order valence-corrected chi connectivity index (χ1v) is 9.19. The molecule has 1 saturated heterocycles. The van der Waals surface area contributed by atoms with E-state index in [-0.39, 0.29) is 11.1 Å². The molecular weight excluding hydrogens is 432 g/mol. The van der Waals surface area contributed by atoms with Gasteiger partial charge in [-0.1, -0.05) is 0 Å². The van der Waals surface area contributed by atoms with E-state index in [1.807, 2.05) is 0 Å². The minimum Gasteiger partial charge on any atom is -0.508 e. The molecule has 4 rings (SSSR count). The number of rotatable bonds is 4. The van der Waals surface area contributed by atoms with Crippen LogP contribution in [-0.4, -0.2) is 72.1 Å². The molecule has 0 radical (unpaired) electrons. The highest BCUT2D eigenvalue weighted by molar-refractivity contribution is 5.88. The van der Waals surface area contributed by atoms with Gasteiger partial charge in [-0.05, 0) is 12.1 Å². The highest BCUT2D eigenvalue weighted by Crippen LogP contribution is 2.43. The second kappa shape index (κ2) is 7.76. The van der Waals surface area contributed by atoms with Gasteiger partial charge < -0.3 is 54.7 Å². The second-order valence-electron chi connectivity index (χ2n) is 7.12. The number of aromatic hydroxyl groups is 5. The van der Waals surface area contributed by atoms with E-state index in [2.05, 4.69) is 0 Å². The van der Waals surface area contributed by atoms with Crippen molar-refractivity contribution in [2.24, 2.45) is 0 Å². The zero-order valence-electron chi connectivity index (χ0n) is 16.0. The average molecular weight is 450 g/mol. The third kappa shape index (κ3) is 3.40. The Balaban J connectivity index is 1.95. The molecule has 0 unspecified atom stereocenters. The lowest BCUT2D eigenvalue weighted by Crippen LogP contribution is -2.36. The number of phenolic OH excluding ortho intramolecular Hbond substituents is 5. The molecule has 8 N–H and O–H groups in total. The Labute approximate surface area is 178 Å². The van der Waals surface area contributed by atoms with E-state index in [0.29, 0.717) is 0 Å². The van der Waals surface area contributed by atoms with Crippen LogP contribution in [0.1, 0.15) is 0 Å². The Morgan fingerprint density at radius 2 is 1.56 bits per heavy atom. The maximum atomic E-state index is 13.2. The van der Waals surface area contributed by atoms with Crippen molar-refractivity contribution < 1.29 is 54.7 Å². The Kier molecular flexibility index (Phi) is 5.22. The van der Waals surface area contributed by atoms with Crippen LogP contribution >= 0.6 is 0 Å². The van der Waals surface area contributed by atoms with Crippen molar-refractivity contribution in [3.63, 3.8) is 0 Å². The van der Waals surface area contributed by atoms with Crippen molar-refractivity contribution in [3.05, 3.63) is 34.5 Å². The molecule has 0 saturated carbocycles. The van der Waals surface area contributed by atoms with Gasteiger partial charge in [0, 0.05) is 17.7 Å². The summed E-state index contributed by atoms with van der Waals surface area (Å²) in [6.45, 7) is -0.656. The molecular formula is C20H18O12. The molecule has 2 heterocycles. The molecule has 0 amide bonds. The first-order chi connectivity index (χ1) is 15.1.